The van der Waals surface area contributed by atoms with Gasteiger partial charge in [0.05, 0.1) is 19.1 Å². The highest BCUT2D eigenvalue weighted by molar-refractivity contribution is 5.39. The summed E-state index contributed by atoms with van der Waals surface area (Å²) in [6.45, 7) is 6.87. The van der Waals surface area contributed by atoms with E-state index in [9.17, 15) is 10.1 Å². The molecule has 5 heteroatoms. The number of ether oxygens (including phenoxy) is 2. The van der Waals surface area contributed by atoms with Gasteiger partial charge in [0.15, 0.2) is 0 Å². The molecule has 134 valence electrons. The van der Waals surface area contributed by atoms with Crippen LogP contribution in [-0.2, 0) is 0 Å². The Kier molecular flexibility index (Phi) is 6.81. The number of hydrogen-bond acceptors (Lipinski definition) is 4. The minimum atomic E-state index is -0.736. The number of benzene rings is 2. The molecule has 0 heterocycles. The molecule has 0 saturated heterocycles. The van der Waals surface area contributed by atoms with Crippen molar-refractivity contribution in [3.05, 3.63) is 69.8 Å². The Morgan fingerprint density at radius 3 is 1.80 bits per heavy atom. The summed E-state index contributed by atoms with van der Waals surface area (Å²) in [7, 11) is 0. The normalized spacial score (nSPS) is 13.1. The monoisotopic (exact) mass is 343 g/mol. The zero-order valence-electron chi connectivity index (χ0n) is 15.0. The second-order valence-electron chi connectivity index (χ2n) is 5.92. The first kappa shape index (κ1) is 18.8. The van der Waals surface area contributed by atoms with Crippen molar-refractivity contribution in [1.82, 2.24) is 0 Å². The van der Waals surface area contributed by atoms with Gasteiger partial charge in [0.25, 0.3) is 0 Å². The van der Waals surface area contributed by atoms with E-state index in [0.717, 1.165) is 29.0 Å². The van der Waals surface area contributed by atoms with Gasteiger partial charge in [0.1, 0.15) is 11.5 Å². The molecule has 2 aromatic rings. The minimum Gasteiger partial charge on any atom is -0.494 e. The van der Waals surface area contributed by atoms with Crippen molar-refractivity contribution in [1.29, 1.82) is 0 Å². The summed E-state index contributed by atoms with van der Waals surface area (Å²) in [4.78, 5) is 11.2. The van der Waals surface area contributed by atoms with Crippen LogP contribution < -0.4 is 9.47 Å². The average molecular weight is 343 g/mol. The molecule has 0 amide bonds. The van der Waals surface area contributed by atoms with Crippen LogP contribution in [0.4, 0.5) is 0 Å². The van der Waals surface area contributed by atoms with Crippen molar-refractivity contribution in [3.63, 3.8) is 0 Å². The van der Waals surface area contributed by atoms with E-state index in [1.54, 1.807) is 6.92 Å². The van der Waals surface area contributed by atoms with E-state index in [1.807, 2.05) is 55.5 Å². The molecule has 2 rings (SSSR count). The van der Waals surface area contributed by atoms with E-state index < -0.39 is 6.04 Å². The first-order chi connectivity index (χ1) is 12.1. The van der Waals surface area contributed by atoms with Gasteiger partial charge in [-0.3, -0.25) is 10.1 Å². The average Bonchev–Trinajstić information content (AvgIpc) is 2.62. The fourth-order valence-corrected chi connectivity index (χ4v) is 2.80. The Hall–Kier alpha value is -2.56. The Balaban J connectivity index is 2.30. The molecule has 5 nitrogen and oxygen atoms in total. The first-order valence-corrected chi connectivity index (χ1v) is 8.65. The molecule has 0 bridgehead atoms. The summed E-state index contributed by atoms with van der Waals surface area (Å²) in [6.07, 6.45) is 0.939. The van der Waals surface area contributed by atoms with Gasteiger partial charge in [-0.15, -0.1) is 0 Å². The molecule has 0 saturated carbocycles. The Morgan fingerprint density at radius 1 is 0.920 bits per heavy atom. The predicted octanol–water partition coefficient (Wildman–Crippen LogP) is 4.67. The van der Waals surface area contributed by atoms with Crippen LogP contribution in [0.25, 0.3) is 0 Å². The van der Waals surface area contributed by atoms with Gasteiger partial charge in [-0.1, -0.05) is 31.2 Å². The number of rotatable bonds is 9. The molecule has 0 radical (unpaired) electrons. The fraction of sp³-hybridized carbons (Fsp3) is 0.400. The maximum absolute atomic E-state index is 11.4. The Bertz CT molecular complexity index is 667. The fourth-order valence-electron chi connectivity index (χ4n) is 2.80. The third-order valence-electron chi connectivity index (χ3n) is 4.08. The van der Waals surface area contributed by atoms with Gasteiger partial charge in [0, 0.05) is 11.8 Å². The molecule has 0 spiro atoms. The van der Waals surface area contributed by atoms with E-state index in [2.05, 4.69) is 6.92 Å². The molecule has 2 aromatic carbocycles. The van der Waals surface area contributed by atoms with Crippen LogP contribution in [0.5, 0.6) is 11.5 Å². The van der Waals surface area contributed by atoms with Crippen molar-refractivity contribution < 1.29 is 14.4 Å². The summed E-state index contributed by atoms with van der Waals surface area (Å²) in [5.41, 5.74) is 1.80. The Labute approximate surface area is 148 Å². The van der Waals surface area contributed by atoms with E-state index in [-0.39, 0.29) is 10.8 Å². The summed E-state index contributed by atoms with van der Waals surface area (Å²) in [5, 5.41) is 11.4. The second kappa shape index (κ2) is 9.06. The van der Waals surface area contributed by atoms with Gasteiger partial charge in [-0.25, -0.2) is 0 Å². The lowest BCUT2D eigenvalue weighted by molar-refractivity contribution is -0.520. The summed E-state index contributed by atoms with van der Waals surface area (Å²) in [5.74, 6) is 1.22. The lowest BCUT2D eigenvalue weighted by atomic mass is 9.86. The minimum absolute atomic E-state index is 0.234. The molecular formula is C20H25NO4. The van der Waals surface area contributed by atoms with Crippen molar-refractivity contribution in [2.24, 2.45) is 0 Å². The molecular weight excluding hydrogens is 318 g/mol. The van der Waals surface area contributed by atoms with Crippen molar-refractivity contribution >= 4 is 0 Å². The smallest absolute Gasteiger partial charge is 0.221 e. The molecule has 0 aromatic heterocycles. The summed E-state index contributed by atoms with van der Waals surface area (Å²) in [6, 6.07) is 14.3. The molecule has 25 heavy (non-hydrogen) atoms. The van der Waals surface area contributed by atoms with E-state index in [4.69, 9.17) is 9.47 Å². The SMILES string of the molecule is CCCOc1ccc(C(c2ccc(OCC)cc2)C(C)[N+](=O)[O-])cc1. The number of hydrogen-bond donors (Lipinski definition) is 0. The third-order valence-corrected chi connectivity index (χ3v) is 4.08. The molecule has 2 unspecified atom stereocenters. The van der Waals surface area contributed by atoms with Crippen molar-refractivity contribution in [2.45, 2.75) is 39.2 Å². The zero-order valence-corrected chi connectivity index (χ0v) is 15.0. The molecule has 0 fully saturated rings. The predicted molar refractivity (Wildman–Crippen MR) is 98.1 cm³/mol. The summed E-state index contributed by atoms with van der Waals surface area (Å²) >= 11 is 0. The lowest BCUT2D eigenvalue weighted by Crippen LogP contribution is -2.25. The highest BCUT2D eigenvalue weighted by Gasteiger charge is 2.29. The van der Waals surface area contributed by atoms with E-state index in [0.29, 0.717) is 13.2 Å². The van der Waals surface area contributed by atoms with Gasteiger partial charge in [0.2, 0.25) is 6.04 Å². The largest absolute Gasteiger partial charge is 0.494 e. The summed E-state index contributed by atoms with van der Waals surface area (Å²) < 4.78 is 11.1. The molecule has 0 aliphatic rings. The first-order valence-electron chi connectivity index (χ1n) is 8.65. The van der Waals surface area contributed by atoms with Gasteiger partial charge in [-0.05, 0) is 48.7 Å². The van der Waals surface area contributed by atoms with Crippen molar-refractivity contribution in [3.8, 4) is 11.5 Å². The van der Waals surface area contributed by atoms with Crippen LogP contribution in [0.3, 0.4) is 0 Å². The van der Waals surface area contributed by atoms with Gasteiger partial charge in [-0.2, -0.15) is 0 Å². The van der Waals surface area contributed by atoms with Crippen LogP contribution in [0.2, 0.25) is 0 Å². The quantitative estimate of drug-likeness (QED) is 0.490. The maximum atomic E-state index is 11.4. The van der Waals surface area contributed by atoms with Crippen LogP contribution in [-0.4, -0.2) is 24.2 Å². The molecule has 0 aliphatic heterocycles. The maximum Gasteiger partial charge on any atom is 0.221 e. The molecule has 0 aliphatic carbocycles. The standard InChI is InChI=1S/C20H25NO4/c1-4-14-25-19-12-8-17(9-13-19)20(15(3)21(22)23)16-6-10-18(11-7-16)24-5-2/h6-13,15,20H,4-5,14H2,1-3H3. The lowest BCUT2D eigenvalue weighted by Gasteiger charge is -2.20. The van der Waals surface area contributed by atoms with Gasteiger partial charge >= 0.3 is 0 Å². The molecule has 0 N–H and O–H groups in total. The van der Waals surface area contributed by atoms with Crippen LogP contribution in [0.1, 0.15) is 44.2 Å². The van der Waals surface area contributed by atoms with Gasteiger partial charge < -0.3 is 9.47 Å². The van der Waals surface area contributed by atoms with E-state index in [1.165, 1.54) is 0 Å². The van der Waals surface area contributed by atoms with Crippen LogP contribution in [0, 0.1) is 10.1 Å². The zero-order chi connectivity index (χ0) is 18.2. The van der Waals surface area contributed by atoms with Crippen molar-refractivity contribution in [2.75, 3.05) is 13.2 Å². The highest BCUT2D eigenvalue weighted by atomic mass is 16.6. The third kappa shape index (κ3) is 4.95. The van der Waals surface area contributed by atoms with E-state index >= 15 is 0 Å². The second-order valence-corrected chi connectivity index (χ2v) is 5.92. The van der Waals surface area contributed by atoms with Crippen LogP contribution >= 0.6 is 0 Å². The topological polar surface area (TPSA) is 61.6 Å². The number of nitro groups is 1. The molecule has 2 atom stereocenters. The Morgan fingerprint density at radius 2 is 1.40 bits per heavy atom. The highest BCUT2D eigenvalue weighted by Crippen LogP contribution is 2.31. The van der Waals surface area contributed by atoms with Crippen LogP contribution in [0.15, 0.2) is 48.5 Å². The number of nitrogens with zero attached hydrogens (tertiary/aromatic N) is 1.